The van der Waals surface area contributed by atoms with Gasteiger partial charge in [0.1, 0.15) is 0 Å². The molecule has 8 heteroatoms. The minimum atomic E-state index is -0.177. The van der Waals surface area contributed by atoms with Crippen molar-refractivity contribution >= 4 is 39.9 Å². The second-order valence-corrected chi connectivity index (χ2v) is 6.28. The van der Waals surface area contributed by atoms with E-state index in [1.165, 1.54) is 11.3 Å². The van der Waals surface area contributed by atoms with Crippen LogP contribution >= 0.6 is 11.3 Å². The van der Waals surface area contributed by atoms with Crippen molar-refractivity contribution in [1.82, 2.24) is 20.1 Å². The third-order valence-corrected chi connectivity index (χ3v) is 4.40. The van der Waals surface area contributed by atoms with E-state index in [1.54, 1.807) is 16.9 Å². The molecule has 2 amide bonds. The Hall–Kier alpha value is -2.74. The van der Waals surface area contributed by atoms with Gasteiger partial charge in [0.25, 0.3) is 5.91 Å². The highest BCUT2D eigenvalue weighted by molar-refractivity contribution is 7.12. The van der Waals surface area contributed by atoms with Crippen LogP contribution in [0.15, 0.2) is 29.8 Å². The van der Waals surface area contributed by atoms with E-state index in [9.17, 15) is 9.59 Å². The molecule has 0 fully saturated rings. The van der Waals surface area contributed by atoms with Crippen molar-refractivity contribution in [1.29, 1.82) is 0 Å². The van der Waals surface area contributed by atoms with Crippen molar-refractivity contribution in [3.8, 4) is 0 Å². The molecule has 0 spiro atoms. The Balaban J connectivity index is 1.55. The first kappa shape index (κ1) is 16.1. The van der Waals surface area contributed by atoms with Crippen molar-refractivity contribution in [2.45, 2.75) is 13.3 Å². The van der Waals surface area contributed by atoms with Gasteiger partial charge in [-0.15, -0.1) is 11.3 Å². The third-order valence-electron chi connectivity index (χ3n) is 3.53. The Kier molecular flexibility index (Phi) is 4.57. The van der Waals surface area contributed by atoms with Crippen LogP contribution in [-0.2, 0) is 11.8 Å². The number of carbonyl (C=O) groups excluding carboxylic acids is 2. The van der Waals surface area contributed by atoms with Crippen LogP contribution in [0.1, 0.15) is 21.8 Å². The van der Waals surface area contributed by atoms with Crippen LogP contribution in [0, 0.1) is 6.92 Å². The molecule has 3 heterocycles. The number of anilines is 1. The van der Waals surface area contributed by atoms with E-state index in [0.29, 0.717) is 10.6 Å². The van der Waals surface area contributed by atoms with Crippen LogP contribution in [0.3, 0.4) is 0 Å². The topological polar surface area (TPSA) is 88.9 Å². The number of thiophene rings is 1. The number of nitrogens with one attached hydrogen (secondary N) is 2. The number of rotatable bonds is 5. The van der Waals surface area contributed by atoms with E-state index in [0.717, 1.165) is 16.7 Å². The second-order valence-electron chi connectivity index (χ2n) is 5.34. The predicted octanol–water partition coefficient (Wildman–Crippen LogP) is 2.10. The van der Waals surface area contributed by atoms with Crippen molar-refractivity contribution in [2.75, 3.05) is 11.9 Å². The van der Waals surface area contributed by atoms with Crippen LogP contribution in [-0.4, -0.2) is 33.1 Å². The molecule has 0 saturated carbocycles. The molecule has 0 aromatic carbocycles. The van der Waals surface area contributed by atoms with Gasteiger partial charge in [-0.2, -0.15) is 5.10 Å². The normalized spacial score (nSPS) is 10.8. The summed E-state index contributed by atoms with van der Waals surface area (Å²) in [5.41, 5.74) is 2.25. The molecule has 0 unspecified atom stereocenters. The van der Waals surface area contributed by atoms with Gasteiger partial charge in [-0.25, -0.2) is 4.98 Å². The van der Waals surface area contributed by atoms with Crippen LogP contribution < -0.4 is 10.6 Å². The summed E-state index contributed by atoms with van der Waals surface area (Å²) in [6.07, 6.45) is 1.80. The van der Waals surface area contributed by atoms with Crippen LogP contribution in [0.2, 0.25) is 0 Å². The van der Waals surface area contributed by atoms with Gasteiger partial charge >= 0.3 is 0 Å². The van der Waals surface area contributed by atoms with Crippen LogP contribution in [0.25, 0.3) is 11.0 Å². The van der Waals surface area contributed by atoms with Crippen LogP contribution in [0.5, 0.6) is 0 Å². The minimum Gasteiger partial charge on any atom is -0.351 e. The summed E-state index contributed by atoms with van der Waals surface area (Å²) in [5, 5.41) is 12.6. The monoisotopic (exact) mass is 343 g/mol. The largest absolute Gasteiger partial charge is 0.351 e. The van der Waals surface area contributed by atoms with Crippen molar-refractivity contribution in [3.63, 3.8) is 0 Å². The maximum atomic E-state index is 12.0. The number of aromatic nitrogens is 3. The fraction of sp³-hybridized carbons (Fsp3) is 0.250. The molecule has 2 N–H and O–H groups in total. The van der Waals surface area contributed by atoms with Gasteiger partial charge in [0.05, 0.1) is 22.5 Å². The van der Waals surface area contributed by atoms with Crippen LogP contribution in [0.4, 0.5) is 5.69 Å². The highest BCUT2D eigenvalue weighted by Crippen LogP contribution is 2.19. The first-order chi connectivity index (χ1) is 11.5. The number of hydrogen-bond donors (Lipinski definition) is 2. The smallest absolute Gasteiger partial charge is 0.261 e. The number of amides is 2. The molecule has 3 aromatic rings. The average Bonchev–Trinajstić information content (AvgIpc) is 3.17. The number of hydrogen-bond acceptors (Lipinski definition) is 5. The number of aryl methyl sites for hydroxylation is 2. The van der Waals surface area contributed by atoms with Gasteiger partial charge in [-0.05, 0) is 24.4 Å². The summed E-state index contributed by atoms with van der Waals surface area (Å²) in [5.74, 6) is -0.337. The Morgan fingerprint density at radius 1 is 1.38 bits per heavy atom. The maximum Gasteiger partial charge on any atom is 0.261 e. The highest BCUT2D eigenvalue weighted by atomic mass is 32.1. The van der Waals surface area contributed by atoms with E-state index in [4.69, 9.17) is 0 Å². The molecule has 124 valence electrons. The summed E-state index contributed by atoms with van der Waals surface area (Å²) in [7, 11) is 1.83. The van der Waals surface area contributed by atoms with Crippen molar-refractivity contribution in [2.24, 2.45) is 7.05 Å². The molecule has 0 aliphatic heterocycles. The zero-order chi connectivity index (χ0) is 17.1. The lowest BCUT2D eigenvalue weighted by molar-refractivity contribution is -0.116. The Labute approximate surface area is 142 Å². The van der Waals surface area contributed by atoms with Gasteiger partial charge in [0.15, 0.2) is 5.65 Å². The lowest BCUT2D eigenvalue weighted by Gasteiger charge is -2.06. The average molecular weight is 343 g/mol. The minimum absolute atomic E-state index is 0.160. The molecule has 7 nitrogen and oxygen atoms in total. The molecule has 3 rings (SSSR count). The van der Waals surface area contributed by atoms with Gasteiger partial charge in [0, 0.05) is 25.4 Å². The number of pyridine rings is 1. The Morgan fingerprint density at radius 2 is 2.21 bits per heavy atom. The summed E-state index contributed by atoms with van der Waals surface area (Å²) >= 11 is 1.37. The van der Waals surface area contributed by atoms with E-state index in [2.05, 4.69) is 20.7 Å². The molecular formula is C16H17N5O2S. The molecule has 0 radical (unpaired) electrons. The summed E-state index contributed by atoms with van der Waals surface area (Å²) < 4.78 is 1.70. The molecule has 24 heavy (non-hydrogen) atoms. The number of fused-ring (bicyclic) bond motifs is 1. The SMILES string of the molecule is Cc1nn(C)c2ncc(NC(=O)CCNC(=O)c3cccs3)cc12. The molecular weight excluding hydrogens is 326 g/mol. The van der Waals surface area contributed by atoms with Gasteiger partial charge in [-0.3, -0.25) is 14.3 Å². The zero-order valence-corrected chi connectivity index (χ0v) is 14.2. The quantitative estimate of drug-likeness (QED) is 0.742. The Bertz CT molecular complexity index is 885. The lowest BCUT2D eigenvalue weighted by Crippen LogP contribution is -2.27. The summed E-state index contributed by atoms with van der Waals surface area (Å²) in [4.78, 5) is 28.7. The first-order valence-corrected chi connectivity index (χ1v) is 8.33. The fourth-order valence-corrected chi connectivity index (χ4v) is 3.02. The standard InChI is InChI=1S/C16H17N5O2S/c1-10-12-8-11(9-18-15(12)21(2)20-10)19-14(22)5-6-17-16(23)13-4-3-7-24-13/h3-4,7-9H,5-6H2,1-2H3,(H,17,23)(H,19,22). The van der Waals surface area contributed by atoms with E-state index >= 15 is 0 Å². The molecule has 0 atom stereocenters. The molecule has 0 aliphatic carbocycles. The van der Waals surface area contributed by atoms with Gasteiger partial charge < -0.3 is 10.6 Å². The van der Waals surface area contributed by atoms with Gasteiger partial charge in [-0.1, -0.05) is 6.07 Å². The second kappa shape index (κ2) is 6.79. The summed E-state index contributed by atoms with van der Waals surface area (Å²) in [6.45, 7) is 2.18. The molecule has 0 bridgehead atoms. The Morgan fingerprint density at radius 3 is 2.96 bits per heavy atom. The summed E-state index contributed by atoms with van der Waals surface area (Å²) in [6, 6.07) is 5.42. The van der Waals surface area contributed by atoms with E-state index < -0.39 is 0 Å². The fourth-order valence-electron chi connectivity index (χ4n) is 2.38. The predicted molar refractivity (Wildman–Crippen MR) is 93.1 cm³/mol. The highest BCUT2D eigenvalue weighted by Gasteiger charge is 2.10. The maximum absolute atomic E-state index is 12.0. The molecule has 0 saturated heterocycles. The number of nitrogens with zero attached hydrogens (tertiary/aromatic N) is 3. The van der Waals surface area contributed by atoms with E-state index in [-0.39, 0.29) is 24.8 Å². The third kappa shape index (κ3) is 3.43. The first-order valence-electron chi connectivity index (χ1n) is 7.45. The van der Waals surface area contributed by atoms with Gasteiger partial charge in [0.2, 0.25) is 5.91 Å². The molecule has 3 aromatic heterocycles. The number of carbonyl (C=O) groups is 2. The van der Waals surface area contributed by atoms with Crippen molar-refractivity contribution < 1.29 is 9.59 Å². The van der Waals surface area contributed by atoms with E-state index in [1.807, 2.05) is 31.5 Å². The van der Waals surface area contributed by atoms with Crippen molar-refractivity contribution in [3.05, 3.63) is 40.3 Å². The zero-order valence-electron chi connectivity index (χ0n) is 13.4. The lowest BCUT2D eigenvalue weighted by atomic mass is 10.2. The molecule has 0 aliphatic rings.